The van der Waals surface area contributed by atoms with Crippen molar-refractivity contribution < 1.29 is 23.1 Å². The van der Waals surface area contributed by atoms with Gasteiger partial charge in [-0.05, 0) is 19.3 Å². The second kappa shape index (κ2) is 7.78. The number of hydrogen-bond acceptors (Lipinski definition) is 2. The standard InChI is InChI=1S/C13H16F3NO2/c14-9-6-11(15)10(12(16)7-9)8-13(19)17-4-2-1-3-5-18/h6-7,18H,1-5,8H2,(H,17,19). The number of amides is 1. The number of unbranched alkanes of at least 4 members (excludes halogenated alkanes) is 2. The molecule has 0 spiro atoms. The highest BCUT2D eigenvalue weighted by Gasteiger charge is 2.14. The first-order valence-corrected chi connectivity index (χ1v) is 6.05. The van der Waals surface area contributed by atoms with Gasteiger partial charge in [0.25, 0.3) is 0 Å². The Kier molecular flexibility index (Phi) is 6.35. The molecule has 6 heteroatoms. The van der Waals surface area contributed by atoms with Crippen LogP contribution in [-0.4, -0.2) is 24.2 Å². The van der Waals surface area contributed by atoms with E-state index in [9.17, 15) is 18.0 Å². The predicted octanol–water partition coefficient (Wildman–Crippen LogP) is 1.93. The monoisotopic (exact) mass is 275 g/mol. The van der Waals surface area contributed by atoms with Crippen LogP contribution in [0.2, 0.25) is 0 Å². The number of carbonyl (C=O) groups is 1. The normalized spacial score (nSPS) is 10.5. The fourth-order valence-corrected chi connectivity index (χ4v) is 1.61. The number of rotatable bonds is 7. The molecule has 1 aromatic carbocycles. The summed E-state index contributed by atoms with van der Waals surface area (Å²) in [6, 6.07) is 1.10. The van der Waals surface area contributed by atoms with Crippen LogP contribution in [0.25, 0.3) is 0 Å². The van der Waals surface area contributed by atoms with E-state index in [2.05, 4.69) is 5.32 Å². The lowest BCUT2D eigenvalue weighted by Gasteiger charge is -2.07. The summed E-state index contributed by atoms with van der Waals surface area (Å²) in [5, 5.41) is 11.1. The van der Waals surface area contributed by atoms with Crippen LogP contribution in [0.3, 0.4) is 0 Å². The van der Waals surface area contributed by atoms with Gasteiger partial charge in [-0.25, -0.2) is 13.2 Å². The summed E-state index contributed by atoms with van der Waals surface area (Å²) in [6.07, 6.45) is 1.63. The van der Waals surface area contributed by atoms with Gasteiger partial charge in [0, 0.05) is 30.8 Å². The fourth-order valence-electron chi connectivity index (χ4n) is 1.61. The minimum absolute atomic E-state index is 0.0972. The summed E-state index contributed by atoms with van der Waals surface area (Å²) in [7, 11) is 0. The van der Waals surface area contributed by atoms with Crippen LogP contribution in [0.4, 0.5) is 13.2 Å². The Bertz CT molecular complexity index is 415. The van der Waals surface area contributed by atoms with E-state index < -0.39 is 35.3 Å². The third-order valence-corrected chi connectivity index (χ3v) is 2.60. The molecule has 0 aromatic heterocycles. The first-order chi connectivity index (χ1) is 9.04. The molecule has 0 bridgehead atoms. The van der Waals surface area contributed by atoms with Gasteiger partial charge >= 0.3 is 0 Å². The minimum atomic E-state index is -1.06. The molecule has 1 rings (SSSR count). The van der Waals surface area contributed by atoms with Gasteiger partial charge < -0.3 is 10.4 Å². The number of benzene rings is 1. The van der Waals surface area contributed by atoms with Gasteiger partial charge in [0.1, 0.15) is 17.5 Å². The van der Waals surface area contributed by atoms with Crippen LogP contribution < -0.4 is 5.32 Å². The molecule has 0 fully saturated rings. The average Bonchev–Trinajstić information content (AvgIpc) is 2.33. The number of halogens is 3. The molecular weight excluding hydrogens is 259 g/mol. The number of aliphatic hydroxyl groups excluding tert-OH is 1. The van der Waals surface area contributed by atoms with Crippen LogP contribution in [-0.2, 0) is 11.2 Å². The van der Waals surface area contributed by atoms with Gasteiger partial charge in [-0.15, -0.1) is 0 Å². The summed E-state index contributed by atoms with van der Waals surface area (Å²) < 4.78 is 39.2. The Hall–Kier alpha value is -1.56. The lowest BCUT2D eigenvalue weighted by Crippen LogP contribution is -2.27. The molecule has 0 saturated carbocycles. The Morgan fingerprint density at radius 2 is 1.74 bits per heavy atom. The van der Waals surface area contributed by atoms with Crippen molar-refractivity contribution in [3.63, 3.8) is 0 Å². The van der Waals surface area contributed by atoms with Crippen LogP contribution in [0, 0.1) is 17.5 Å². The van der Waals surface area contributed by atoms with E-state index in [1.54, 1.807) is 0 Å². The van der Waals surface area contributed by atoms with Crippen molar-refractivity contribution in [2.45, 2.75) is 25.7 Å². The third kappa shape index (κ3) is 5.30. The predicted molar refractivity (Wildman–Crippen MR) is 64.0 cm³/mol. The summed E-state index contributed by atoms with van der Waals surface area (Å²) in [5.74, 6) is -3.66. The van der Waals surface area contributed by atoms with E-state index in [0.717, 1.165) is 6.42 Å². The van der Waals surface area contributed by atoms with Crippen molar-refractivity contribution in [3.05, 3.63) is 35.1 Å². The molecule has 106 valence electrons. The molecular formula is C13H16F3NO2. The summed E-state index contributed by atoms with van der Waals surface area (Å²) in [6.45, 7) is 0.475. The summed E-state index contributed by atoms with van der Waals surface area (Å²) in [5.41, 5.74) is -0.436. The van der Waals surface area contributed by atoms with E-state index in [0.29, 0.717) is 31.5 Å². The van der Waals surface area contributed by atoms with Gasteiger partial charge in [-0.2, -0.15) is 0 Å². The molecule has 0 aliphatic rings. The Labute approximate surface area is 109 Å². The van der Waals surface area contributed by atoms with Crippen molar-refractivity contribution in [2.24, 2.45) is 0 Å². The zero-order valence-corrected chi connectivity index (χ0v) is 10.4. The molecule has 1 aromatic rings. The highest BCUT2D eigenvalue weighted by Crippen LogP contribution is 2.15. The van der Waals surface area contributed by atoms with Gasteiger partial charge in [0.15, 0.2) is 0 Å². The van der Waals surface area contributed by atoms with Crippen LogP contribution in [0.15, 0.2) is 12.1 Å². The quantitative estimate of drug-likeness (QED) is 0.747. The number of carbonyl (C=O) groups excluding carboxylic acids is 1. The van der Waals surface area contributed by atoms with E-state index in [1.165, 1.54) is 0 Å². The summed E-state index contributed by atoms with van der Waals surface area (Å²) in [4.78, 5) is 11.4. The van der Waals surface area contributed by atoms with E-state index in [-0.39, 0.29) is 6.61 Å². The third-order valence-electron chi connectivity index (χ3n) is 2.60. The lowest BCUT2D eigenvalue weighted by atomic mass is 10.1. The van der Waals surface area contributed by atoms with Crippen molar-refractivity contribution >= 4 is 5.91 Å². The van der Waals surface area contributed by atoms with Gasteiger partial charge in [-0.3, -0.25) is 4.79 Å². The highest BCUT2D eigenvalue weighted by atomic mass is 19.1. The molecule has 19 heavy (non-hydrogen) atoms. The second-order valence-electron chi connectivity index (χ2n) is 4.16. The van der Waals surface area contributed by atoms with Crippen LogP contribution in [0.1, 0.15) is 24.8 Å². The largest absolute Gasteiger partial charge is 0.396 e. The number of aliphatic hydroxyl groups is 1. The lowest BCUT2D eigenvalue weighted by molar-refractivity contribution is -0.120. The molecule has 0 aliphatic heterocycles. The molecule has 0 unspecified atom stereocenters. The van der Waals surface area contributed by atoms with Crippen molar-refractivity contribution in [1.82, 2.24) is 5.32 Å². The Morgan fingerprint density at radius 3 is 2.32 bits per heavy atom. The van der Waals surface area contributed by atoms with Gasteiger partial charge in [0.2, 0.25) is 5.91 Å². The average molecular weight is 275 g/mol. The van der Waals surface area contributed by atoms with E-state index in [1.807, 2.05) is 0 Å². The molecule has 0 atom stereocenters. The summed E-state index contributed by atoms with van der Waals surface area (Å²) >= 11 is 0. The van der Waals surface area contributed by atoms with Gasteiger partial charge in [-0.1, -0.05) is 0 Å². The molecule has 3 nitrogen and oxygen atoms in total. The maximum Gasteiger partial charge on any atom is 0.224 e. The first kappa shape index (κ1) is 15.5. The van der Waals surface area contributed by atoms with Crippen molar-refractivity contribution in [3.8, 4) is 0 Å². The molecule has 0 aliphatic carbocycles. The SMILES string of the molecule is O=C(Cc1c(F)cc(F)cc1F)NCCCCCO. The number of hydrogen-bond donors (Lipinski definition) is 2. The Morgan fingerprint density at radius 1 is 1.11 bits per heavy atom. The second-order valence-corrected chi connectivity index (χ2v) is 4.16. The van der Waals surface area contributed by atoms with Crippen LogP contribution >= 0.6 is 0 Å². The molecule has 0 saturated heterocycles. The maximum absolute atomic E-state index is 13.3. The maximum atomic E-state index is 13.3. The zero-order valence-electron chi connectivity index (χ0n) is 10.4. The first-order valence-electron chi connectivity index (χ1n) is 6.05. The van der Waals surface area contributed by atoms with Crippen molar-refractivity contribution in [2.75, 3.05) is 13.2 Å². The molecule has 1 amide bonds. The highest BCUT2D eigenvalue weighted by molar-refractivity contribution is 5.78. The topological polar surface area (TPSA) is 49.3 Å². The van der Waals surface area contributed by atoms with Gasteiger partial charge in [0.05, 0.1) is 6.42 Å². The van der Waals surface area contributed by atoms with Crippen LogP contribution in [0.5, 0.6) is 0 Å². The van der Waals surface area contributed by atoms with Crippen molar-refractivity contribution in [1.29, 1.82) is 0 Å². The fraction of sp³-hybridized carbons (Fsp3) is 0.462. The van der Waals surface area contributed by atoms with E-state index in [4.69, 9.17) is 5.11 Å². The molecule has 2 N–H and O–H groups in total. The minimum Gasteiger partial charge on any atom is -0.396 e. The van der Waals surface area contributed by atoms with E-state index >= 15 is 0 Å². The smallest absolute Gasteiger partial charge is 0.224 e. The number of nitrogens with one attached hydrogen (secondary N) is 1. The molecule has 0 radical (unpaired) electrons. The Balaban J connectivity index is 2.44. The molecule has 0 heterocycles. The zero-order chi connectivity index (χ0) is 14.3.